The molecule has 2 aromatic heterocycles. The number of likely N-dealkylation sites (tertiary alicyclic amines) is 1. The Labute approximate surface area is 153 Å². The Morgan fingerprint density at radius 3 is 2.77 bits per heavy atom. The number of morpholine rings is 1. The van der Waals surface area contributed by atoms with Crippen LogP contribution in [0.3, 0.4) is 0 Å². The molecule has 2 aliphatic heterocycles. The van der Waals surface area contributed by atoms with Crippen LogP contribution in [0.4, 0.5) is 0 Å². The molecule has 4 heterocycles. The summed E-state index contributed by atoms with van der Waals surface area (Å²) in [7, 11) is 1.80. The number of amides is 1. The zero-order valence-corrected chi connectivity index (χ0v) is 15.2. The van der Waals surface area contributed by atoms with Gasteiger partial charge in [0.05, 0.1) is 24.9 Å². The van der Waals surface area contributed by atoms with Crippen molar-refractivity contribution >= 4 is 5.91 Å². The highest BCUT2D eigenvalue weighted by Gasteiger charge is 2.32. The van der Waals surface area contributed by atoms with Gasteiger partial charge in [0, 0.05) is 45.6 Å². The quantitative estimate of drug-likeness (QED) is 0.834. The van der Waals surface area contributed by atoms with Crippen LogP contribution in [-0.2, 0) is 18.3 Å². The summed E-state index contributed by atoms with van der Waals surface area (Å²) in [6.45, 7) is 5.22. The Morgan fingerprint density at radius 1 is 1.23 bits per heavy atom. The molecule has 0 spiro atoms. The number of hydrogen-bond acceptors (Lipinski definition) is 5. The second-order valence-corrected chi connectivity index (χ2v) is 6.98. The topological polar surface area (TPSA) is 63.5 Å². The van der Waals surface area contributed by atoms with E-state index < -0.39 is 0 Å². The monoisotopic (exact) mass is 355 g/mol. The van der Waals surface area contributed by atoms with Crippen molar-refractivity contribution in [3.8, 4) is 0 Å². The van der Waals surface area contributed by atoms with E-state index in [1.54, 1.807) is 24.0 Å². The fourth-order valence-corrected chi connectivity index (χ4v) is 3.79. The summed E-state index contributed by atoms with van der Waals surface area (Å²) >= 11 is 0. The van der Waals surface area contributed by atoms with Gasteiger partial charge >= 0.3 is 0 Å². The largest absolute Gasteiger partial charge is 0.379 e. The minimum atomic E-state index is 0.0340. The summed E-state index contributed by atoms with van der Waals surface area (Å²) < 4.78 is 7.03. The standard InChI is InChI=1S/C19H25N5O2/c1-22-18(6-7-21-22)19(25)24-8-2-3-17(24)16-5-4-15(13-20-16)14-23-9-11-26-12-10-23/h4-7,13,17H,2-3,8-12,14H2,1H3/t17-/m0/s1. The lowest BCUT2D eigenvalue weighted by Gasteiger charge is -2.27. The van der Waals surface area contributed by atoms with E-state index in [4.69, 9.17) is 4.74 Å². The number of carbonyl (C=O) groups is 1. The Kier molecular flexibility index (Phi) is 4.99. The minimum Gasteiger partial charge on any atom is -0.379 e. The van der Waals surface area contributed by atoms with Gasteiger partial charge in [0.25, 0.3) is 5.91 Å². The number of rotatable bonds is 4. The van der Waals surface area contributed by atoms with Crippen LogP contribution in [0.1, 0.15) is 40.6 Å². The lowest BCUT2D eigenvalue weighted by atomic mass is 10.1. The number of ether oxygens (including phenoxy) is 1. The fraction of sp³-hybridized carbons (Fsp3) is 0.526. The summed E-state index contributed by atoms with van der Waals surface area (Å²) in [6.07, 6.45) is 5.58. The Balaban J connectivity index is 1.46. The number of nitrogens with zero attached hydrogens (tertiary/aromatic N) is 5. The lowest BCUT2D eigenvalue weighted by Crippen LogP contribution is -2.35. The van der Waals surface area contributed by atoms with Crippen molar-refractivity contribution < 1.29 is 9.53 Å². The van der Waals surface area contributed by atoms with Crippen LogP contribution < -0.4 is 0 Å². The predicted octanol–water partition coefficient (Wildman–Crippen LogP) is 1.62. The maximum Gasteiger partial charge on any atom is 0.272 e. The average Bonchev–Trinajstić information content (AvgIpc) is 3.32. The van der Waals surface area contributed by atoms with E-state index in [0.717, 1.165) is 57.9 Å². The highest BCUT2D eigenvalue weighted by Crippen LogP contribution is 2.32. The van der Waals surface area contributed by atoms with E-state index in [2.05, 4.69) is 27.1 Å². The molecule has 2 fully saturated rings. The van der Waals surface area contributed by atoms with Crippen molar-refractivity contribution in [2.45, 2.75) is 25.4 Å². The van der Waals surface area contributed by atoms with Crippen LogP contribution in [0.5, 0.6) is 0 Å². The first-order valence-corrected chi connectivity index (χ1v) is 9.26. The number of aryl methyl sites for hydroxylation is 1. The predicted molar refractivity (Wildman–Crippen MR) is 96.6 cm³/mol. The van der Waals surface area contributed by atoms with Gasteiger partial charge in [0.1, 0.15) is 5.69 Å². The SMILES string of the molecule is Cn1nccc1C(=O)N1CCC[C@H]1c1ccc(CN2CCOCC2)cn1. The first-order valence-electron chi connectivity index (χ1n) is 9.26. The summed E-state index contributed by atoms with van der Waals surface area (Å²) in [6, 6.07) is 6.05. The summed E-state index contributed by atoms with van der Waals surface area (Å²) in [5, 5.41) is 4.11. The summed E-state index contributed by atoms with van der Waals surface area (Å²) in [4.78, 5) is 21.9. The van der Waals surface area contributed by atoms with Gasteiger partial charge < -0.3 is 9.64 Å². The molecule has 7 nitrogen and oxygen atoms in total. The van der Waals surface area contributed by atoms with E-state index in [9.17, 15) is 4.79 Å². The van der Waals surface area contributed by atoms with E-state index in [0.29, 0.717) is 5.69 Å². The van der Waals surface area contributed by atoms with E-state index in [1.807, 2.05) is 11.1 Å². The molecule has 1 atom stereocenters. The Morgan fingerprint density at radius 2 is 2.08 bits per heavy atom. The molecular weight excluding hydrogens is 330 g/mol. The second kappa shape index (κ2) is 7.55. The van der Waals surface area contributed by atoms with Gasteiger partial charge in [-0.2, -0.15) is 5.10 Å². The molecule has 0 radical (unpaired) electrons. The van der Waals surface area contributed by atoms with Crippen LogP contribution in [0, 0.1) is 0 Å². The van der Waals surface area contributed by atoms with Gasteiger partial charge in [-0.15, -0.1) is 0 Å². The van der Waals surface area contributed by atoms with Gasteiger partial charge in [-0.25, -0.2) is 0 Å². The van der Waals surface area contributed by atoms with Crippen LogP contribution in [0.2, 0.25) is 0 Å². The van der Waals surface area contributed by atoms with E-state index >= 15 is 0 Å². The number of hydrogen-bond donors (Lipinski definition) is 0. The molecule has 2 saturated heterocycles. The Hall–Kier alpha value is -2.25. The molecule has 4 rings (SSSR count). The van der Waals surface area contributed by atoms with Gasteiger partial charge in [-0.1, -0.05) is 6.07 Å². The second-order valence-electron chi connectivity index (χ2n) is 6.98. The highest BCUT2D eigenvalue weighted by molar-refractivity contribution is 5.93. The number of aromatic nitrogens is 3. The van der Waals surface area contributed by atoms with Crippen molar-refractivity contribution in [3.63, 3.8) is 0 Å². The van der Waals surface area contributed by atoms with E-state index in [1.165, 1.54) is 5.56 Å². The average molecular weight is 355 g/mol. The van der Waals surface area contributed by atoms with Gasteiger partial charge in [-0.3, -0.25) is 19.4 Å². The number of pyridine rings is 1. The van der Waals surface area contributed by atoms with Crippen molar-refractivity contribution in [2.24, 2.45) is 7.05 Å². The third kappa shape index (κ3) is 3.50. The van der Waals surface area contributed by atoms with Gasteiger partial charge in [-0.05, 0) is 30.5 Å². The summed E-state index contributed by atoms with van der Waals surface area (Å²) in [5.41, 5.74) is 2.81. The van der Waals surface area contributed by atoms with Crippen molar-refractivity contribution in [1.82, 2.24) is 24.6 Å². The molecule has 0 aromatic carbocycles. The Bertz CT molecular complexity index is 752. The third-order valence-electron chi connectivity index (χ3n) is 5.25. The molecule has 1 amide bonds. The molecule has 0 unspecified atom stereocenters. The normalized spacial score (nSPS) is 21.3. The summed E-state index contributed by atoms with van der Waals surface area (Å²) in [5.74, 6) is 0.0340. The zero-order chi connectivity index (χ0) is 17.9. The van der Waals surface area contributed by atoms with E-state index in [-0.39, 0.29) is 11.9 Å². The maximum atomic E-state index is 12.9. The first-order chi connectivity index (χ1) is 12.7. The van der Waals surface area contributed by atoms with Crippen LogP contribution in [0.15, 0.2) is 30.6 Å². The van der Waals surface area contributed by atoms with Crippen LogP contribution >= 0.6 is 0 Å². The third-order valence-corrected chi connectivity index (χ3v) is 5.25. The number of carbonyl (C=O) groups excluding carboxylic acids is 1. The minimum absolute atomic E-state index is 0.0340. The first kappa shape index (κ1) is 17.2. The molecule has 138 valence electrons. The molecule has 2 aliphatic rings. The van der Waals surface area contributed by atoms with Crippen molar-refractivity contribution in [1.29, 1.82) is 0 Å². The smallest absolute Gasteiger partial charge is 0.272 e. The fourth-order valence-electron chi connectivity index (χ4n) is 3.79. The van der Waals surface area contributed by atoms with Crippen molar-refractivity contribution in [2.75, 3.05) is 32.8 Å². The maximum absolute atomic E-state index is 12.9. The highest BCUT2D eigenvalue weighted by atomic mass is 16.5. The molecule has 0 aliphatic carbocycles. The molecule has 0 N–H and O–H groups in total. The van der Waals surface area contributed by atoms with Gasteiger partial charge in [0.2, 0.25) is 0 Å². The molecule has 7 heteroatoms. The molecule has 26 heavy (non-hydrogen) atoms. The van der Waals surface area contributed by atoms with Crippen LogP contribution in [0.25, 0.3) is 0 Å². The van der Waals surface area contributed by atoms with Crippen LogP contribution in [-0.4, -0.2) is 63.3 Å². The molecule has 2 aromatic rings. The van der Waals surface area contributed by atoms with Crippen molar-refractivity contribution in [3.05, 3.63) is 47.5 Å². The molecular formula is C19H25N5O2. The zero-order valence-electron chi connectivity index (χ0n) is 15.2. The lowest BCUT2D eigenvalue weighted by molar-refractivity contribution is 0.0341. The molecule has 0 saturated carbocycles. The molecule has 0 bridgehead atoms. The van der Waals surface area contributed by atoms with Gasteiger partial charge in [0.15, 0.2) is 0 Å².